The topological polar surface area (TPSA) is 70.2 Å². The summed E-state index contributed by atoms with van der Waals surface area (Å²) < 4.78 is 0. The van der Waals surface area contributed by atoms with Crippen LogP contribution in [-0.4, -0.2) is 37.5 Å². The molecular formula is C11H21N3O2. The average Bonchev–Trinajstić information content (AvgIpc) is 2.48. The molecule has 0 bridgehead atoms. The molecule has 16 heavy (non-hydrogen) atoms. The van der Waals surface area contributed by atoms with Crippen LogP contribution in [0.5, 0.6) is 0 Å². The largest absolute Gasteiger partial charge is 0.356 e. The van der Waals surface area contributed by atoms with Crippen LogP contribution in [0, 0.1) is 0 Å². The Balaban J connectivity index is 2.20. The highest BCUT2D eigenvalue weighted by molar-refractivity contribution is 5.79. The Labute approximate surface area is 96.4 Å². The van der Waals surface area contributed by atoms with E-state index in [-0.39, 0.29) is 17.9 Å². The van der Waals surface area contributed by atoms with Gasteiger partial charge in [-0.2, -0.15) is 0 Å². The molecule has 1 heterocycles. The summed E-state index contributed by atoms with van der Waals surface area (Å²) in [5, 5.41) is 8.74. The van der Waals surface area contributed by atoms with Crippen molar-refractivity contribution in [3.63, 3.8) is 0 Å². The Morgan fingerprint density at radius 1 is 1.56 bits per heavy atom. The summed E-state index contributed by atoms with van der Waals surface area (Å²) in [6.45, 7) is 3.78. The molecule has 0 aromatic rings. The molecule has 0 saturated carbocycles. The summed E-state index contributed by atoms with van der Waals surface area (Å²) in [6, 6.07) is 0.134. The van der Waals surface area contributed by atoms with Gasteiger partial charge in [-0.25, -0.2) is 0 Å². The van der Waals surface area contributed by atoms with Crippen molar-refractivity contribution in [3.05, 3.63) is 0 Å². The molecule has 3 N–H and O–H groups in total. The lowest BCUT2D eigenvalue weighted by atomic mass is 10.1. The molecule has 5 heteroatoms. The number of amides is 2. The molecule has 0 radical (unpaired) electrons. The van der Waals surface area contributed by atoms with Gasteiger partial charge in [0.1, 0.15) is 0 Å². The first kappa shape index (κ1) is 13.0. The third kappa shape index (κ3) is 5.11. The van der Waals surface area contributed by atoms with Gasteiger partial charge in [0.25, 0.3) is 0 Å². The highest BCUT2D eigenvalue weighted by atomic mass is 16.2. The predicted octanol–water partition coefficient (Wildman–Crippen LogP) is -0.229. The van der Waals surface area contributed by atoms with Crippen molar-refractivity contribution in [2.75, 3.05) is 19.6 Å². The fourth-order valence-electron chi connectivity index (χ4n) is 1.71. The molecule has 5 nitrogen and oxygen atoms in total. The van der Waals surface area contributed by atoms with Crippen molar-refractivity contribution in [1.29, 1.82) is 0 Å². The van der Waals surface area contributed by atoms with Crippen molar-refractivity contribution >= 4 is 11.8 Å². The minimum Gasteiger partial charge on any atom is -0.356 e. The van der Waals surface area contributed by atoms with Gasteiger partial charge in [0.15, 0.2) is 0 Å². The number of hydrogen-bond donors (Lipinski definition) is 3. The van der Waals surface area contributed by atoms with Crippen molar-refractivity contribution in [2.24, 2.45) is 0 Å². The highest BCUT2D eigenvalue weighted by Crippen LogP contribution is 2.05. The van der Waals surface area contributed by atoms with E-state index in [2.05, 4.69) is 16.0 Å². The first-order chi connectivity index (χ1) is 7.72. The lowest BCUT2D eigenvalue weighted by Gasteiger charge is -2.14. The van der Waals surface area contributed by atoms with Crippen LogP contribution in [0.1, 0.15) is 32.6 Å². The Bertz CT molecular complexity index is 243. The van der Waals surface area contributed by atoms with Crippen LogP contribution >= 0.6 is 0 Å². The van der Waals surface area contributed by atoms with Gasteiger partial charge in [0.2, 0.25) is 11.8 Å². The van der Waals surface area contributed by atoms with Crippen LogP contribution < -0.4 is 16.0 Å². The zero-order chi connectivity index (χ0) is 11.8. The summed E-state index contributed by atoms with van der Waals surface area (Å²) in [5.74, 6) is 0.0791. The van der Waals surface area contributed by atoms with E-state index in [1.165, 1.54) is 0 Å². The van der Waals surface area contributed by atoms with E-state index in [9.17, 15) is 9.59 Å². The molecule has 0 aromatic heterocycles. The molecule has 1 aliphatic heterocycles. The van der Waals surface area contributed by atoms with E-state index in [0.29, 0.717) is 19.5 Å². The Hall–Kier alpha value is -1.10. The van der Waals surface area contributed by atoms with Gasteiger partial charge in [-0.15, -0.1) is 0 Å². The van der Waals surface area contributed by atoms with Gasteiger partial charge >= 0.3 is 0 Å². The summed E-state index contributed by atoms with van der Waals surface area (Å²) in [6.07, 6.45) is 3.33. The molecule has 2 amide bonds. The standard InChI is InChI=1S/C11H21N3O2/c1-2-5-12-11(16)8-14-9-4-3-6-13-10(15)7-9/h9,14H,2-8H2,1H3,(H,12,16)(H,13,15). The molecule has 0 aliphatic carbocycles. The third-order valence-electron chi connectivity index (χ3n) is 2.61. The van der Waals surface area contributed by atoms with Gasteiger partial charge < -0.3 is 16.0 Å². The fraction of sp³-hybridized carbons (Fsp3) is 0.818. The molecule has 1 fully saturated rings. The normalized spacial score (nSPS) is 21.1. The molecule has 1 rings (SSSR count). The van der Waals surface area contributed by atoms with Crippen molar-refractivity contribution in [3.8, 4) is 0 Å². The second-order valence-corrected chi connectivity index (χ2v) is 4.12. The number of hydrogen-bond acceptors (Lipinski definition) is 3. The number of carbonyl (C=O) groups is 2. The molecule has 92 valence electrons. The fourth-order valence-corrected chi connectivity index (χ4v) is 1.71. The molecule has 1 atom stereocenters. The van der Waals surface area contributed by atoms with Gasteiger partial charge in [0.05, 0.1) is 6.54 Å². The summed E-state index contributed by atoms with van der Waals surface area (Å²) in [4.78, 5) is 22.6. The maximum atomic E-state index is 11.3. The minimum atomic E-state index is 0.00602. The smallest absolute Gasteiger partial charge is 0.233 e. The van der Waals surface area contributed by atoms with Crippen LogP contribution in [-0.2, 0) is 9.59 Å². The van der Waals surface area contributed by atoms with Crippen molar-refractivity contribution < 1.29 is 9.59 Å². The van der Waals surface area contributed by atoms with E-state index >= 15 is 0 Å². The lowest BCUT2D eigenvalue weighted by Crippen LogP contribution is -2.40. The van der Waals surface area contributed by atoms with Gasteiger partial charge in [-0.1, -0.05) is 6.92 Å². The van der Waals surface area contributed by atoms with Crippen LogP contribution in [0.25, 0.3) is 0 Å². The van der Waals surface area contributed by atoms with Crippen LogP contribution in [0.15, 0.2) is 0 Å². The molecule has 1 aliphatic rings. The SMILES string of the molecule is CCCNC(=O)CNC1CCCNC(=O)C1. The Kier molecular flexibility index (Phi) is 5.85. The summed E-state index contributed by atoms with van der Waals surface area (Å²) in [7, 11) is 0. The molecular weight excluding hydrogens is 206 g/mol. The van der Waals surface area contributed by atoms with Gasteiger partial charge in [-0.05, 0) is 19.3 Å². The summed E-state index contributed by atoms with van der Waals surface area (Å²) in [5.41, 5.74) is 0. The quantitative estimate of drug-likeness (QED) is 0.607. The van der Waals surface area contributed by atoms with E-state index in [0.717, 1.165) is 25.8 Å². The molecule has 1 saturated heterocycles. The van der Waals surface area contributed by atoms with Crippen LogP contribution in [0.2, 0.25) is 0 Å². The van der Waals surface area contributed by atoms with E-state index in [1.54, 1.807) is 0 Å². The number of carbonyl (C=O) groups excluding carboxylic acids is 2. The van der Waals surface area contributed by atoms with Crippen LogP contribution in [0.4, 0.5) is 0 Å². The first-order valence-electron chi connectivity index (χ1n) is 5.99. The van der Waals surface area contributed by atoms with E-state index in [4.69, 9.17) is 0 Å². The second-order valence-electron chi connectivity index (χ2n) is 4.12. The maximum absolute atomic E-state index is 11.3. The Morgan fingerprint density at radius 2 is 2.38 bits per heavy atom. The van der Waals surface area contributed by atoms with Gasteiger partial charge in [0, 0.05) is 25.6 Å². The highest BCUT2D eigenvalue weighted by Gasteiger charge is 2.17. The molecule has 0 spiro atoms. The zero-order valence-corrected chi connectivity index (χ0v) is 9.84. The van der Waals surface area contributed by atoms with Gasteiger partial charge in [-0.3, -0.25) is 9.59 Å². The lowest BCUT2D eigenvalue weighted by molar-refractivity contribution is -0.122. The third-order valence-corrected chi connectivity index (χ3v) is 2.61. The second kappa shape index (κ2) is 7.22. The maximum Gasteiger partial charge on any atom is 0.233 e. The monoisotopic (exact) mass is 227 g/mol. The van der Waals surface area contributed by atoms with Crippen LogP contribution in [0.3, 0.4) is 0 Å². The van der Waals surface area contributed by atoms with E-state index < -0.39 is 0 Å². The number of rotatable bonds is 5. The average molecular weight is 227 g/mol. The Morgan fingerprint density at radius 3 is 3.12 bits per heavy atom. The van der Waals surface area contributed by atoms with E-state index in [1.807, 2.05) is 6.92 Å². The van der Waals surface area contributed by atoms with Crippen molar-refractivity contribution in [2.45, 2.75) is 38.6 Å². The zero-order valence-electron chi connectivity index (χ0n) is 9.84. The first-order valence-corrected chi connectivity index (χ1v) is 5.99. The summed E-state index contributed by atoms with van der Waals surface area (Å²) >= 11 is 0. The predicted molar refractivity (Wildman–Crippen MR) is 62.0 cm³/mol. The molecule has 1 unspecified atom stereocenters. The number of nitrogens with one attached hydrogen (secondary N) is 3. The minimum absolute atomic E-state index is 0.00602. The van der Waals surface area contributed by atoms with Crippen molar-refractivity contribution in [1.82, 2.24) is 16.0 Å². The molecule has 0 aromatic carbocycles.